The molecule has 1 aromatic carbocycles. The van der Waals surface area contributed by atoms with E-state index in [1.807, 2.05) is 13.8 Å². The highest BCUT2D eigenvalue weighted by molar-refractivity contribution is 5.38. The Hall–Kier alpha value is -1.83. The van der Waals surface area contributed by atoms with Gasteiger partial charge in [0.25, 0.3) is 0 Å². The molecule has 1 atom stereocenters. The van der Waals surface area contributed by atoms with Crippen LogP contribution in [0, 0.1) is 25.5 Å². The Morgan fingerprint density at radius 2 is 2.07 bits per heavy atom. The number of morpholine rings is 1. The fourth-order valence-electron chi connectivity index (χ4n) is 3.81. The maximum absolute atomic E-state index is 14.1. The third kappa shape index (κ3) is 4.05. The fourth-order valence-corrected chi connectivity index (χ4v) is 3.81. The molecule has 1 aliphatic carbocycles. The molecule has 1 unspecified atom stereocenters. The molecule has 27 heavy (non-hydrogen) atoms. The number of rotatable bonds is 6. The average Bonchev–Trinajstić information content (AvgIpc) is 3.45. The quantitative estimate of drug-likeness (QED) is 0.842. The van der Waals surface area contributed by atoms with Gasteiger partial charge in [-0.05, 0) is 38.8 Å². The lowest BCUT2D eigenvalue weighted by Crippen LogP contribution is -2.47. The van der Waals surface area contributed by atoms with Gasteiger partial charge >= 0.3 is 0 Å². The number of nitrogens with one attached hydrogen (secondary N) is 1. The molecule has 146 valence electrons. The van der Waals surface area contributed by atoms with Crippen molar-refractivity contribution in [2.24, 2.45) is 0 Å². The molecule has 5 nitrogen and oxygen atoms in total. The lowest BCUT2D eigenvalue weighted by molar-refractivity contribution is -0.0301. The molecule has 2 fully saturated rings. The second kappa shape index (κ2) is 7.66. The van der Waals surface area contributed by atoms with E-state index < -0.39 is 11.6 Å². The van der Waals surface area contributed by atoms with Crippen molar-refractivity contribution < 1.29 is 13.5 Å². The Kier molecular flexibility index (Phi) is 5.25. The van der Waals surface area contributed by atoms with Crippen LogP contribution in [0.3, 0.4) is 0 Å². The summed E-state index contributed by atoms with van der Waals surface area (Å²) < 4.78 is 34.7. The molecule has 2 heterocycles. The van der Waals surface area contributed by atoms with Crippen molar-refractivity contribution in [2.45, 2.75) is 45.4 Å². The van der Waals surface area contributed by atoms with Crippen molar-refractivity contribution in [3.63, 3.8) is 0 Å². The van der Waals surface area contributed by atoms with Gasteiger partial charge in [0.1, 0.15) is 11.5 Å². The SMILES string of the molecule is Cc1nn(-c2ccc(F)cc2F)c(C)c1CNCC1CN(C2CC2)CCO1. The summed E-state index contributed by atoms with van der Waals surface area (Å²) in [5, 5.41) is 7.92. The van der Waals surface area contributed by atoms with Gasteiger partial charge in [-0.2, -0.15) is 5.10 Å². The zero-order valence-corrected chi connectivity index (χ0v) is 15.8. The second-order valence-electron chi connectivity index (χ2n) is 7.51. The standard InChI is InChI=1S/C20H26F2N4O/c1-13-18(11-23-10-17-12-25(7-8-27-17)16-4-5-16)14(2)26(24-13)20-6-3-15(21)9-19(20)22/h3,6,9,16-17,23H,4-5,7-8,10-12H2,1-2H3. The van der Waals surface area contributed by atoms with Gasteiger partial charge in [0, 0.05) is 49.5 Å². The number of aromatic nitrogens is 2. The van der Waals surface area contributed by atoms with E-state index in [0.29, 0.717) is 6.54 Å². The van der Waals surface area contributed by atoms with Crippen LogP contribution in [0.15, 0.2) is 18.2 Å². The molecule has 2 aromatic rings. The third-order valence-corrected chi connectivity index (χ3v) is 5.49. The maximum atomic E-state index is 14.1. The van der Waals surface area contributed by atoms with E-state index in [1.54, 1.807) is 4.68 Å². The van der Waals surface area contributed by atoms with Crippen LogP contribution in [-0.4, -0.2) is 53.1 Å². The Bertz CT molecular complexity index is 819. The van der Waals surface area contributed by atoms with Crippen LogP contribution in [0.25, 0.3) is 5.69 Å². The number of ether oxygens (including phenoxy) is 1. The average molecular weight is 376 g/mol. The van der Waals surface area contributed by atoms with Crippen LogP contribution in [0.4, 0.5) is 8.78 Å². The predicted octanol–water partition coefficient (Wildman–Crippen LogP) is 2.72. The molecule has 4 rings (SSSR count). The lowest BCUT2D eigenvalue weighted by Gasteiger charge is -2.33. The van der Waals surface area contributed by atoms with Crippen LogP contribution in [0.1, 0.15) is 29.8 Å². The molecular weight excluding hydrogens is 350 g/mol. The van der Waals surface area contributed by atoms with E-state index in [1.165, 1.54) is 25.0 Å². The molecule has 1 saturated carbocycles. The highest BCUT2D eigenvalue weighted by Gasteiger charge is 2.32. The number of nitrogens with zero attached hydrogens (tertiary/aromatic N) is 3. The number of hydrogen-bond acceptors (Lipinski definition) is 4. The molecule has 0 amide bonds. The minimum atomic E-state index is -0.615. The summed E-state index contributed by atoms with van der Waals surface area (Å²) in [4.78, 5) is 2.53. The molecule has 0 spiro atoms. The maximum Gasteiger partial charge on any atom is 0.151 e. The molecule has 0 radical (unpaired) electrons. The Labute approximate surface area is 158 Å². The smallest absolute Gasteiger partial charge is 0.151 e. The summed E-state index contributed by atoms with van der Waals surface area (Å²) in [5.74, 6) is -1.21. The number of halogens is 2. The monoisotopic (exact) mass is 376 g/mol. The first-order valence-electron chi connectivity index (χ1n) is 9.60. The predicted molar refractivity (Wildman–Crippen MR) is 99.0 cm³/mol. The van der Waals surface area contributed by atoms with Crippen molar-refractivity contribution >= 4 is 0 Å². The summed E-state index contributed by atoms with van der Waals surface area (Å²) in [6.45, 7) is 8.05. The zero-order chi connectivity index (χ0) is 19.0. The largest absolute Gasteiger partial charge is 0.374 e. The summed E-state index contributed by atoms with van der Waals surface area (Å²) in [6.07, 6.45) is 2.83. The minimum Gasteiger partial charge on any atom is -0.374 e. The van der Waals surface area contributed by atoms with Crippen molar-refractivity contribution in [2.75, 3.05) is 26.2 Å². The molecule has 1 saturated heterocycles. The summed E-state index contributed by atoms with van der Waals surface area (Å²) in [7, 11) is 0. The van der Waals surface area contributed by atoms with Gasteiger partial charge in [-0.15, -0.1) is 0 Å². The molecule has 1 aliphatic heterocycles. The van der Waals surface area contributed by atoms with E-state index >= 15 is 0 Å². The first-order valence-corrected chi connectivity index (χ1v) is 9.60. The number of benzene rings is 1. The lowest BCUT2D eigenvalue weighted by atomic mass is 10.2. The highest BCUT2D eigenvalue weighted by Crippen LogP contribution is 2.28. The first-order chi connectivity index (χ1) is 13.0. The number of aryl methyl sites for hydroxylation is 1. The first kappa shape index (κ1) is 18.5. The van der Waals surface area contributed by atoms with Gasteiger partial charge in [-0.25, -0.2) is 13.5 Å². The minimum absolute atomic E-state index is 0.199. The third-order valence-electron chi connectivity index (χ3n) is 5.49. The number of hydrogen-bond donors (Lipinski definition) is 1. The molecule has 1 aromatic heterocycles. The summed E-state index contributed by atoms with van der Waals surface area (Å²) >= 11 is 0. The van der Waals surface area contributed by atoms with Gasteiger partial charge in [0.2, 0.25) is 0 Å². The molecule has 7 heteroatoms. The highest BCUT2D eigenvalue weighted by atomic mass is 19.1. The molecular formula is C20H26F2N4O. The van der Waals surface area contributed by atoms with E-state index in [9.17, 15) is 8.78 Å². The van der Waals surface area contributed by atoms with Crippen molar-refractivity contribution in [3.8, 4) is 5.69 Å². The van der Waals surface area contributed by atoms with E-state index in [2.05, 4.69) is 15.3 Å². The summed E-state index contributed by atoms with van der Waals surface area (Å²) in [6, 6.07) is 4.32. The van der Waals surface area contributed by atoms with Gasteiger partial charge in [0.15, 0.2) is 5.82 Å². The summed E-state index contributed by atoms with van der Waals surface area (Å²) in [5.41, 5.74) is 3.00. The topological polar surface area (TPSA) is 42.3 Å². The molecule has 0 bridgehead atoms. The van der Waals surface area contributed by atoms with E-state index in [4.69, 9.17) is 4.74 Å². The van der Waals surface area contributed by atoms with Crippen LogP contribution in [-0.2, 0) is 11.3 Å². The second-order valence-corrected chi connectivity index (χ2v) is 7.51. The van der Waals surface area contributed by atoms with E-state index in [0.717, 1.165) is 55.3 Å². The fraction of sp³-hybridized carbons (Fsp3) is 0.550. The van der Waals surface area contributed by atoms with Crippen molar-refractivity contribution in [1.82, 2.24) is 20.0 Å². The Morgan fingerprint density at radius 1 is 1.26 bits per heavy atom. The van der Waals surface area contributed by atoms with Gasteiger partial charge in [-0.3, -0.25) is 4.90 Å². The van der Waals surface area contributed by atoms with Crippen LogP contribution in [0.5, 0.6) is 0 Å². The van der Waals surface area contributed by atoms with Gasteiger partial charge in [-0.1, -0.05) is 0 Å². The normalized spacial score (nSPS) is 21.0. The molecule has 1 N–H and O–H groups in total. The Morgan fingerprint density at radius 3 is 2.81 bits per heavy atom. The van der Waals surface area contributed by atoms with Gasteiger partial charge in [0.05, 0.1) is 18.4 Å². The zero-order valence-electron chi connectivity index (χ0n) is 15.8. The van der Waals surface area contributed by atoms with Crippen LogP contribution in [0.2, 0.25) is 0 Å². The molecule has 2 aliphatic rings. The van der Waals surface area contributed by atoms with Crippen molar-refractivity contribution in [1.29, 1.82) is 0 Å². The van der Waals surface area contributed by atoms with Crippen LogP contribution < -0.4 is 5.32 Å². The van der Waals surface area contributed by atoms with Gasteiger partial charge < -0.3 is 10.1 Å². The van der Waals surface area contributed by atoms with E-state index in [-0.39, 0.29) is 11.8 Å². The Balaban J connectivity index is 1.40. The van der Waals surface area contributed by atoms with Crippen molar-refractivity contribution in [3.05, 3.63) is 46.8 Å². The van der Waals surface area contributed by atoms with Crippen LogP contribution >= 0.6 is 0 Å².